The molecule has 0 bridgehead atoms. The molecule has 5 aromatic rings. The minimum Gasteiger partial charge on any atom is -0.354 e. The average molecular weight is 555 g/mol. The Hall–Kier alpha value is -4.30. The van der Waals surface area contributed by atoms with Crippen LogP contribution in [0, 0.1) is 12.7 Å². The lowest BCUT2D eigenvalue weighted by Crippen LogP contribution is -2.35. The zero-order chi connectivity index (χ0) is 27.6. The number of hydrogen-bond donors (Lipinski definition) is 0. The summed E-state index contributed by atoms with van der Waals surface area (Å²) in [5, 5.41) is 6.20. The van der Waals surface area contributed by atoms with Crippen LogP contribution in [0.4, 0.5) is 10.2 Å². The zero-order valence-electron chi connectivity index (χ0n) is 22.1. The van der Waals surface area contributed by atoms with Crippen LogP contribution in [0.25, 0.3) is 16.7 Å². The van der Waals surface area contributed by atoms with Crippen molar-refractivity contribution >= 4 is 34.4 Å². The molecular formula is C31H28ClFN6O. The van der Waals surface area contributed by atoms with E-state index in [2.05, 4.69) is 17.0 Å². The summed E-state index contributed by atoms with van der Waals surface area (Å²) >= 11 is 6.14. The first kappa shape index (κ1) is 26.0. The number of nitrogens with zero attached hydrogens (tertiary/aromatic N) is 6. The Morgan fingerprint density at radius 1 is 0.925 bits per heavy atom. The Kier molecular flexibility index (Phi) is 7.17. The van der Waals surface area contributed by atoms with Crippen molar-refractivity contribution in [3.63, 3.8) is 0 Å². The maximum Gasteiger partial charge on any atom is 0.253 e. The predicted octanol–water partition coefficient (Wildman–Crippen LogP) is 5.86. The zero-order valence-corrected chi connectivity index (χ0v) is 22.9. The highest BCUT2D eigenvalue weighted by atomic mass is 35.5. The van der Waals surface area contributed by atoms with E-state index >= 15 is 0 Å². The number of rotatable bonds is 5. The second-order valence-electron chi connectivity index (χ2n) is 9.94. The van der Waals surface area contributed by atoms with E-state index in [1.165, 1.54) is 12.1 Å². The molecule has 202 valence electrons. The van der Waals surface area contributed by atoms with Gasteiger partial charge in [-0.05, 0) is 61.4 Å². The first-order valence-electron chi connectivity index (χ1n) is 13.3. The molecule has 2 aromatic heterocycles. The van der Waals surface area contributed by atoms with Gasteiger partial charge in [0.1, 0.15) is 17.5 Å². The molecule has 0 N–H and O–H groups in total. The topological polar surface area (TPSA) is 67.2 Å². The summed E-state index contributed by atoms with van der Waals surface area (Å²) in [4.78, 5) is 27.4. The van der Waals surface area contributed by atoms with E-state index < -0.39 is 0 Å². The van der Waals surface area contributed by atoms with E-state index in [1.807, 2.05) is 30.0 Å². The summed E-state index contributed by atoms with van der Waals surface area (Å²) in [6.07, 6.45) is 1.35. The quantitative estimate of drug-likeness (QED) is 0.272. The van der Waals surface area contributed by atoms with Gasteiger partial charge in [0.2, 0.25) is 0 Å². The van der Waals surface area contributed by atoms with Crippen LogP contribution in [0.15, 0.2) is 78.9 Å². The van der Waals surface area contributed by atoms with Crippen LogP contribution in [-0.2, 0) is 6.42 Å². The van der Waals surface area contributed by atoms with Crippen molar-refractivity contribution in [1.29, 1.82) is 0 Å². The molecule has 1 aliphatic rings. The molecule has 6 rings (SSSR count). The van der Waals surface area contributed by atoms with Gasteiger partial charge in [-0.3, -0.25) is 4.79 Å². The van der Waals surface area contributed by atoms with Gasteiger partial charge in [0, 0.05) is 43.2 Å². The van der Waals surface area contributed by atoms with Gasteiger partial charge in [0.25, 0.3) is 5.91 Å². The van der Waals surface area contributed by atoms with Gasteiger partial charge in [-0.1, -0.05) is 48.0 Å². The van der Waals surface area contributed by atoms with Gasteiger partial charge in [-0.25, -0.2) is 19.0 Å². The van der Waals surface area contributed by atoms with Crippen LogP contribution >= 0.6 is 11.6 Å². The predicted molar refractivity (Wildman–Crippen MR) is 155 cm³/mol. The Bertz CT molecular complexity index is 1670. The van der Waals surface area contributed by atoms with E-state index in [0.717, 1.165) is 41.1 Å². The third-order valence-corrected chi connectivity index (χ3v) is 7.40. The van der Waals surface area contributed by atoms with E-state index in [0.29, 0.717) is 48.1 Å². The Morgan fingerprint density at radius 3 is 2.50 bits per heavy atom. The highest BCUT2D eigenvalue weighted by Gasteiger charge is 2.25. The number of amides is 1. The third-order valence-electron chi connectivity index (χ3n) is 7.16. The van der Waals surface area contributed by atoms with Crippen molar-refractivity contribution in [3.05, 3.63) is 112 Å². The van der Waals surface area contributed by atoms with Gasteiger partial charge in [0.15, 0.2) is 5.65 Å². The fourth-order valence-electron chi connectivity index (χ4n) is 5.19. The highest BCUT2D eigenvalue weighted by Crippen LogP contribution is 2.30. The molecule has 7 nitrogen and oxygen atoms in total. The molecule has 0 unspecified atom stereocenters. The lowest BCUT2D eigenvalue weighted by molar-refractivity contribution is 0.0767. The number of carbonyl (C=O) groups excluding carboxylic acids is 1. The summed E-state index contributed by atoms with van der Waals surface area (Å²) in [5.41, 5.74) is 3.88. The molecule has 0 saturated carbocycles. The normalized spacial score (nSPS) is 14.0. The standard InChI is InChI=1S/C31H28ClFN6O/c1-21-28-29(37-15-6-16-38(18-17-37)31(40)23-9-5-10-24(32)20-23)34-27(19-22-7-3-2-4-8-22)35-30(28)39(36-21)26-13-11-25(33)12-14-26/h2-5,7-14,20H,6,15-19H2,1H3. The Labute approximate surface area is 236 Å². The number of fused-ring (bicyclic) bond motifs is 1. The highest BCUT2D eigenvalue weighted by molar-refractivity contribution is 6.30. The number of aryl methyl sites for hydroxylation is 1. The van der Waals surface area contributed by atoms with Crippen molar-refractivity contribution in [1.82, 2.24) is 24.6 Å². The van der Waals surface area contributed by atoms with E-state index in [1.54, 1.807) is 41.1 Å². The fraction of sp³-hybridized carbons (Fsp3) is 0.226. The van der Waals surface area contributed by atoms with E-state index in [-0.39, 0.29) is 11.7 Å². The maximum absolute atomic E-state index is 13.7. The van der Waals surface area contributed by atoms with Gasteiger partial charge in [-0.15, -0.1) is 0 Å². The van der Waals surface area contributed by atoms with Gasteiger partial charge in [0.05, 0.1) is 16.8 Å². The summed E-state index contributed by atoms with van der Waals surface area (Å²) in [6, 6.07) is 23.4. The summed E-state index contributed by atoms with van der Waals surface area (Å²) in [6.45, 7) is 4.48. The molecular weight excluding hydrogens is 527 g/mol. The van der Waals surface area contributed by atoms with Crippen molar-refractivity contribution < 1.29 is 9.18 Å². The van der Waals surface area contributed by atoms with Gasteiger partial charge < -0.3 is 9.80 Å². The molecule has 0 atom stereocenters. The number of halogens is 2. The first-order valence-corrected chi connectivity index (χ1v) is 13.7. The third kappa shape index (κ3) is 5.27. The van der Waals surface area contributed by atoms with Crippen LogP contribution < -0.4 is 4.90 Å². The molecule has 3 aromatic carbocycles. The first-order chi connectivity index (χ1) is 19.5. The van der Waals surface area contributed by atoms with Crippen molar-refractivity contribution in [2.45, 2.75) is 19.8 Å². The summed E-state index contributed by atoms with van der Waals surface area (Å²) in [5.74, 6) is 1.15. The molecule has 40 heavy (non-hydrogen) atoms. The van der Waals surface area contributed by atoms with Crippen molar-refractivity contribution in [3.8, 4) is 5.69 Å². The van der Waals surface area contributed by atoms with Gasteiger partial charge >= 0.3 is 0 Å². The van der Waals surface area contributed by atoms with Crippen LogP contribution in [0.2, 0.25) is 5.02 Å². The second kappa shape index (κ2) is 11.1. The molecule has 1 amide bonds. The van der Waals surface area contributed by atoms with Crippen LogP contribution in [0.5, 0.6) is 0 Å². The van der Waals surface area contributed by atoms with Crippen molar-refractivity contribution in [2.75, 3.05) is 31.1 Å². The smallest absolute Gasteiger partial charge is 0.253 e. The largest absolute Gasteiger partial charge is 0.354 e. The van der Waals surface area contributed by atoms with E-state index in [4.69, 9.17) is 26.7 Å². The van der Waals surface area contributed by atoms with Crippen molar-refractivity contribution in [2.24, 2.45) is 0 Å². The van der Waals surface area contributed by atoms with E-state index in [9.17, 15) is 9.18 Å². The lowest BCUT2D eigenvalue weighted by Gasteiger charge is -2.24. The average Bonchev–Trinajstić information content (AvgIpc) is 3.12. The number of anilines is 1. The van der Waals surface area contributed by atoms with Crippen LogP contribution in [0.1, 0.15) is 33.9 Å². The van der Waals surface area contributed by atoms with Gasteiger partial charge in [-0.2, -0.15) is 5.10 Å². The Morgan fingerprint density at radius 2 is 1.73 bits per heavy atom. The summed E-state index contributed by atoms with van der Waals surface area (Å²) in [7, 11) is 0. The number of aromatic nitrogens is 4. The molecule has 9 heteroatoms. The molecule has 3 heterocycles. The Balaban J connectivity index is 1.38. The van der Waals surface area contributed by atoms with Crippen LogP contribution in [0.3, 0.4) is 0 Å². The number of benzene rings is 3. The monoisotopic (exact) mass is 554 g/mol. The molecule has 1 aliphatic heterocycles. The number of carbonyl (C=O) groups is 1. The molecule has 1 fully saturated rings. The molecule has 1 saturated heterocycles. The molecule has 0 aliphatic carbocycles. The second-order valence-corrected chi connectivity index (χ2v) is 10.4. The maximum atomic E-state index is 13.7. The molecule has 0 spiro atoms. The fourth-order valence-corrected chi connectivity index (χ4v) is 5.38. The minimum atomic E-state index is -0.307. The molecule has 0 radical (unpaired) electrons. The summed E-state index contributed by atoms with van der Waals surface area (Å²) < 4.78 is 15.5. The lowest BCUT2D eigenvalue weighted by atomic mass is 10.1. The number of hydrogen-bond acceptors (Lipinski definition) is 5. The minimum absolute atomic E-state index is 0.0257. The SMILES string of the molecule is Cc1nn(-c2ccc(F)cc2)c2nc(Cc3ccccc3)nc(N3CCCN(C(=O)c4cccc(Cl)c4)CC3)c12. The van der Waals surface area contributed by atoms with Crippen LogP contribution in [-0.4, -0.2) is 56.7 Å².